The molecule has 0 aromatic carbocycles. The fourth-order valence-corrected chi connectivity index (χ4v) is 7.18. The van der Waals surface area contributed by atoms with Crippen LogP contribution in [0.5, 0.6) is 0 Å². The molecule has 9 N–H and O–H groups in total. The number of amides is 1. The molecule has 8 unspecified atom stereocenters. The van der Waals surface area contributed by atoms with E-state index in [0.29, 0.717) is 19.3 Å². The number of carbonyl (C=O) groups is 1. The molecule has 1 aliphatic carbocycles. The Bertz CT molecular complexity index is 1130. The number of hydrogen-bond donors (Lipinski definition) is 9. The van der Waals surface area contributed by atoms with Gasteiger partial charge in [0, 0.05) is 0 Å². The van der Waals surface area contributed by atoms with E-state index in [1.165, 1.54) is 44.6 Å². The molecule has 1 rings (SSSR count). The minimum Gasteiger partial charge on any atom is -0.393 e. The summed E-state index contributed by atoms with van der Waals surface area (Å²) in [5, 5.41) is 74.0. The standard InChI is InChI=1S/C41H74NO12P/c1-3-5-7-9-11-13-15-16-17-18-19-20-22-24-26-28-32(43)30-35(45)42-33(34(44)29-27-25-23-21-14-12-10-8-6-4-2)31-53-55(51,52)54-41-39(49)37(47)36(46)38(48)40(41)50/h6,8,14,16-17,21,27,29,32-34,36-41,43-44,46-50H,3-5,7,9-13,15,18-20,22-26,28,30-31H2,1-2H3,(H,42,45)(H,51,52)/b8-6+,17-16-,21-14+,29-27+. The molecule has 0 aliphatic heterocycles. The van der Waals surface area contributed by atoms with Crippen LogP contribution in [0.2, 0.25) is 0 Å². The van der Waals surface area contributed by atoms with E-state index in [1.54, 1.807) is 6.08 Å². The third kappa shape index (κ3) is 23.9. The van der Waals surface area contributed by atoms with Gasteiger partial charge in [-0.2, -0.15) is 0 Å². The zero-order valence-electron chi connectivity index (χ0n) is 33.3. The Hall–Kier alpha value is -1.74. The molecule has 0 spiro atoms. The Morgan fingerprint density at radius 1 is 0.655 bits per heavy atom. The predicted molar refractivity (Wildman–Crippen MR) is 215 cm³/mol. The lowest BCUT2D eigenvalue weighted by Gasteiger charge is -2.41. The quantitative estimate of drug-likeness (QED) is 0.0231. The highest BCUT2D eigenvalue weighted by Gasteiger charge is 2.51. The van der Waals surface area contributed by atoms with E-state index in [9.17, 15) is 50.0 Å². The smallest absolute Gasteiger partial charge is 0.393 e. The Morgan fingerprint density at radius 3 is 1.69 bits per heavy atom. The Labute approximate surface area is 329 Å². The number of aliphatic hydroxyl groups is 7. The van der Waals surface area contributed by atoms with E-state index in [-0.39, 0.29) is 6.42 Å². The number of nitrogens with one attached hydrogen (secondary N) is 1. The molecule has 0 heterocycles. The van der Waals surface area contributed by atoms with Crippen LogP contribution in [0.25, 0.3) is 0 Å². The SMILES string of the molecule is CC/C=C/CC/C=C/CC/C=C/C(O)C(COP(=O)(O)OC1C(O)C(O)C(O)C(O)C1O)NC(=O)CC(O)CCCCCCC/C=C\CCCCCCCC. The van der Waals surface area contributed by atoms with E-state index < -0.39 is 75.2 Å². The normalized spacial score (nSPS) is 24.9. The Kier molecular flexibility index (Phi) is 29.2. The first-order valence-electron chi connectivity index (χ1n) is 20.7. The molecule has 0 radical (unpaired) electrons. The van der Waals surface area contributed by atoms with Crippen molar-refractivity contribution in [2.45, 2.75) is 197 Å². The summed E-state index contributed by atoms with van der Waals surface area (Å²) in [6, 6.07) is -1.26. The highest BCUT2D eigenvalue weighted by molar-refractivity contribution is 7.47. The van der Waals surface area contributed by atoms with Crippen LogP contribution in [-0.2, 0) is 18.4 Å². The molecule has 55 heavy (non-hydrogen) atoms. The van der Waals surface area contributed by atoms with Crippen molar-refractivity contribution < 1.29 is 59.0 Å². The van der Waals surface area contributed by atoms with Crippen molar-refractivity contribution in [1.29, 1.82) is 0 Å². The van der Waals surface area contributed by atoms with Crippen LogP contribution in [0.3, 0.4) is 0 Å². The molecular weight excluding hydrogens is 729 g/mol. The van der Waals surface area contributed by atoms with Gasteiger partial charge in [-0.25, -0.2) is 4.57 Å². The lowest BCUT2D eigenvalue weighted by Crippen LogP contribution is -2.64. The van der Waals surface area contributed by atoms with Crippen molar-refractivity contribution in [3.8, 4) is 0 Å². The minimum absolute atomic E-state index is 0.263. The van der Waals surface area contributed by atoms with E-state index >= 15 is 0 Å². The molecule has 0 bridgehead atoms. The van der Waals surface area contributed by atoms with Crippen molar-refractivity contribution in [2.75, 3.05) is 6.61 Å². The second-order valence-electron chi connectivity index (χ2n) is 14.6. The monoisotopic (exact) mass is 803 g/mol. The van der Waals surface area contributed by atoms with Gasteiger partial charge in [-0.1, -0.05) is 120 Å². The number of allylic oxidation sites excluding steroid dienone is 7. The summed E-state index contributed by atoms with van der Waals surface area (Å²) < 4.78 is 22.7. The van der Waals surface area contributed by atoms with Gasteiger partial charge in [0.2, 0.25) is 5.91 Å². The fraction of sp³-hybridized carbons (Fsp3) is 0.780. The molecule has 13 nitrogen and oxygen atoms in total. The van der Waals surface area contributed by atoms with Crippen LogP contribution in [-0.4, -0.2) is 108 Å². The lowest BCUT2D eigenvalue weighted by molar-refractivity contribution is -0.220. The number of carbonyl (C=O) groups excluding carboxylic acids is 1. The molecule has 1 fully saturated rings. The van der Waals surface area contributed by atoms with Crippen LogP contribution in [0.15, 0.2) is 48.6 Å². The maximum atomic E-state index is 12.9. The van der Waals surface area contributed by atoms with Crippen LogP contribution < -0.4 is 5.32 Å². The molecule has 14 heteroatoms. The summed E-state index contributed by atoms with van der Waals surface area (Å²) in [5.74, 6) is -0.617. The Morgan fingerprint density at radius 2 is 1.13 bits per heavy atom. The van der Waals surface area contributed by atoms with E-state index in [2.05, 4.69) is 49.5 Å². The first-order valence-corrected chi connectivity index (χ1v) is 22.2. The van der Waals surface area contributed by atoms with Gasteiger partial charge >= 0.3 is 7.82 Å². The van der Waals surface area contributed by atoms with Gasteiger partial charge in [-0.05, 0) is 64.2 Å². The molecule has 8 atom stereocenters. The van der Waals surface area contributed by atoms with Crippen molar-refractivity contribution in [3.63, 3.8) is 0 Å². The molecule has 1 aliphatic rings. The van der Waals surface area contributed by atoms with E-state index in [1.807, 2.05) is 6.08 Å². The fourth-order valence-electron chi connectivity index (χ4n) is 6.21. The molecule has 1 amide bonds. The van der Waals surface area contributed by atoms with Gasteiger partial charge in [0.15, 0.2) is 0 Å². The van der Waals surface area contributed by atoms with E-state index in [0.717, 1.165) is 64.2 Å². The van der Waals surface area contributed by atoms with Crippen LogP contribution >= 0.6 is 7.82 Å². The molecule has 0 aromatic rings. The number of phosphoric acid groups is 1. The topological polar surface area (TPSA) is 226 Å². The summed E-state index contributed by atoms with van der Waals surface area (Å²) in [5.41, 5.74) is 0. The number of phosphoric ester groups is 1. The van der Waals surface area contributed by atoms with Crippen LogP contribution in [0.1, 0.15) is 142 Å². The maximum absolute atomic E-state index is 12.9. The van der Waals surface area contributed by atoms with E-state index in [4.69, 9.17) is 9.05 Å². The van der Waals surface area contributed by atoms with Crippen LogP contribution in [0, 0.1) is 0 Å². The number of aliphatic hydroxyl groups excluding tert-OH is 7. The van der Waals surface area contributed by atoms with Gasteiger partial charge in [0.25, 0.3) is 0 Å². The molecule has 1 saturated carbocycles. The first kappa shape index (κ1) is 51.3. The Balaban J connectivity index is 2.61. The van der Waals surface area contributed by atoms with Crippen LogP contribution in [0.4, 0.5) is 0 Å². The second kappa shape index (κ2) is 31.3. The summed E-state index contributed by atoms with van der Waals surface area (Å²) in [6.45, 7) is 3.55. The summed E-state index contributed by atoms with van der Waals surface area (Å²) in [4.78, 5) is 23.3. The molecular formula is C41H74NO12P. The summed E-state index contributed by atoms with van der Waals surface area (Å²) in [6.07, 6.45) is 20.9. The average Bonchev–Trinajstić information content (AvgIpc) is 3.15. The third-order valence-electron chi connectivity index (χ3n) is 9.63. The highest BCUT2D eigenvalue weighted by atomic mass is 31.2. The van der Waals surface area contributed by atoms with Crippen molar-refractivity contribution in [2.24, 2.45) is 0 Å². The van der Waals surface area contributed by atoms with Gasteiger partial charge in [-0.3, -0.25) is 13.8 Å². The van der Waals surface area contributed by atoms with Crippen molar-refractivity contribution >= 4 is 13.7 Å². The summed E-state index contributed by atoms with van der Waals surface area (Å²) >= 11 is 0. The third-order valence-corrected chi connectivity index (χ3v) is 10.6. The first-order chi connectivity index (χ1) is 26.3. The van der Waals surface area contributed by atoms with Crippen molar-refractivity contribution in [1.82, 2.24) is 5.32 Å². The predicted octanol–water partition coefficient (Wildman–Crippen LogP) is 5.58. The van der Waals surface area contributed by atoms with Crippen molar-refractivity contribution in [3.05, 3.63) is 48.6 Å². The number of hydrogen-bond acceptors (Lipinski definition) is 11. The molecule has 0 saturated heterocycles. The van der Waals surface area contributed by atoms with Gasteiger partial charge in [0.05, 0.1) is 31.3 Å². The molecule has 0 aromatic heterocycles. The zero-order valence-corrected chi connectivity index (χ0v) is 34.2. The number of unbranched alkanes of at least 4 members (excludes halogenated alkanes) is 13. The van der Waals surface area contributed by atoms with Gasteiger partial charge < -0.3 is 46.0 Å². The lowest BCUT2D eigenvalue weighted by atomic mass is 9.85. The maximum Gasteiger partial charge on any atom is 0.472 e. The second-order valence-corrected chi connectivity index (χ2v) is 16.0. The number of rotatable bonds is 32. The van der Waals surface area contributed by atoms with Gasteiger partial charge in [-0.15, -0.1) is 0 Å². The zero-order chi connectivity index (χ0) is 40.9. The molecule has 320 valence electrons. The minimum atomic E-state index is -5.15. The average molecular weight is 804 g/mol. The highest BCUT2D eigenvalue weighted by Crippen LogP contribution is 2.47. The summed E-state index contributed by atoms with van der Waals surface area (Å²) in [7, 11) is -5.15. The van der Waals surface area contributed by atoms with Gasteiger partial charge in [0.1, 0.15) is 36.6 Å². The largest absolute Gasteiger partial charge is 0.472 e.